The summed E-state index contributed by atoms with van der Waals surface area (Å²) in [7, 11) is 3.79. The molecule has 3 atom stereocenters. The molecule has 1 saturated heterocycles. The third-order valence-corrected chi connectivity index (χ3v) is 5.18. The summed E-state index contributed by atoms with van der Waals surface area (Å²) >= 11 is 0. The predicted molar refractivity (Wildman–Crippen MR) is 101 cm³/mol. The summed E-state index contributed by atoms with van der Waals surface area (Å²) in [5.41, 5.74) is 2.53. The Hall–Kier alpha value is -1.06. The summed E-state index contributed by atoms with van der Waals surface area (Å²) in [6.45, 7) is 12.0. The normalized spacial score (nSPS) is 25.8. The first-order valence-corrected chi connectivity index (χ1v) is 8.92. The van der Waals surface area contributed by atoms with E-state index in [9.17, 15) is 0 Å². The van der Waals surface area contributed by atoms with E-state index in [1.54, 1.807) is 7.11 Å². The van der Waals surface area contributed by atoms with Gasteiger partial charge in [0.2, 0.25) is 0 Å². The zero-order chi connectivity index (χ0) is 17.4. The Morgan fingerprint density at radius 1 is 1.35 bits per heavy atom. The highest BCUT2D eigenvalue weighted by Crippen LogP contribution is 2.27. The molecule has 3 nitrogen and oxygen atoms in total. The molecule has 0 aromatic carbocycles. The fourth-order valence-corrected chi connectivity index (χ4v) is 3.32. The molecule has 0 aliphatic carbocycles. The van der Waals surface area contributed by atoms with Gasteiger partial charge in [0.1, 0.15) is 5.76 Å². The molecule has 1 fully saturated rings. The molecule has 1 N–H and O–H groups in total. The van der Waals surface area contributed by atoms with E-state index in [-0.39, 0.29) is 0 Å². The zero-order valence-corrected chi connectivity index (χ0v) is 16.1. The van der Waals surface area contributed by atoms with Crippen molar-refractivity contribution in [1.82, 2.24) is 10.2 Å². The average molecular weight is 321 g/mol. The van der Waals surface area contributed by atoms with E-state index in [1.807, 2.05) is 19.1 Å². The van der Waals surface area contributed by atoms with Crippen molar-refractivity contribution < 1.29 is 4.74 Å². The Balaban J connectivity index is 2.79. The van der Waals surface area contributed by atoms with Crippen LogP contribution in [0.15, 0.2) is 35.1 Å². The zero-order valence-electron chi connectivity index (χ0n) is 16.1. The van der Waals surface area contributed by atoms with Crippen molar-refractivity contribution in [3.63, 3.8) is 0 Å². The van der Waals surface area contributed by atoms with Crippen LogP contribution in [-0.4, -0.2) is 43.7 Å². The quantitative estimate of drug-likeness (QED) is 0.533. The molecule has 0 saturated carbocycles. The van der Waals surface area contributed by atoms with Gasteiger partial charge in [-0.05, 0) is 78.2 Å². The highest BCUT2D eigenvalue weighted by atomic mass is 16.5. The average Bonchev–Trinajstić information content (AvgIpc) is 2.89. The van der Waals surface area contributed by atoms with Gasteiger partial charge < -0.3 is 10.1 Å². The minimum Gasteiger partial charge on any atom is -0.496 e. The van der Waals surface area contributed by atoms with Gasteiger partial charge in [-0.15, -0.1) is 0 Å². The maximum atomic E-state index is 5.49. The second-order valence-corrected chi connectivity index (χ2v) is 6.78. The SMILES string of the molecule is C\C=C/C(OC)=C(C)\C(C)=C\CN1C(C)CCC1CC(C)NC. The van der Waals surface area contributed by atoms with Crippen LogP contribution >= 0.6 is 0 Å². The van der Waals surface area contributed by atoms with E-state index in [2.05, 4.69) is 51.0 Å². The number of nitrogens with one attached hydrogen (secondary N) is 1. The Morgan fingerprint density at radius 2 is 2.04 bits per heavy atom. The molecule has 1 aliphatic heterocycles. The van der Waals surface area contributed by atoms with Crippen molar-refractivity contribution in [3.05, 3.63) is 35.1 Å². The van der Waals surface area contributed by atoms with Gasteiger partial charge in [0.25, 0.3) is 0 Å². The van der Waals surface area contributed by atoms with Crippen LogP contribution in [-0.2, 0) is 4.74 Å². The number of rotatable bonds is 8. The Bertz CT molecular complexity index is 451. The van der Waals surface area contributed by atoms with Gasteiger partial charge in [0.15, 0.2) is 0 Å². The summed E-state index contributed by atoms with van der Waals surface area (Å²) in [5.74, 6) is 0.955. The maximum Gasteiger partial charge on any atom is 0.121 e. The highest BCUT2D eigenvalue weighted by molar-refractivity contribution is 5.34. The van der Waals surface area contributed by atoms with Crippen LogP contribution in [0.1, 0.15) is 53.9 Å². The molecular formula is C20H36N2O. The molecule has 0 radical (unpaired) electrons. The van der Waals surface area contributed by atoms with Crippen molar-refractivity contribution in [3.8, 4) is 0 Å². The monoisotopic (exact) mass is 320 g/mol. The van der Waals surface area contributed by atoms with Gasteiger partial charge in [0.05, 0.1) is 7.11 Å². The second-order valence-electron chi connectivity index (χ2n) is 6.78. The van der Waals surface area contributed by atoms with Gasteiger partial charge >= 0.3 is 0 Å². The molecule has 23 heavy (non-hydrogen) atoms. The topological polar surface area (TPSA) is 24.5 Å². The van der Waals surface area contributed by atoms with Crippen molar-refractivity contribution in [2.24, 2.45) is 0 Å². The molecule has 3 heteroatoms. The van der Waals surface area contributed by atoms with E-state index < -0.39 is 0 Å². The summed E-state index contributed by atoms with van der Waals surface area (Å²) in [6, 6.07) is 1.95. The third kappa shape index (κ3) is 5.82. The largest absolute Gasteiger partial charge is 0.496 e. The molecule has 0 bridgehead atoms. The van der Waals surface area contributed by atoms with Gasteiger partial charge in [-0.25, -0.2) is 0 Å². The minimum absolute atomic E-state index is 0.578. The second kappa shape index (κ2) is 9.94. The van der Waals surface area contributed by atoms with Crippen LogP contribution in [0.3, 0.4) is 0 Å². The van der Waals surface area contributed by atoms with E-state index in [0.29, 0.717) is 18.1 Å². The summed E-state index contributed by atoms with van der Waals surface area (Å²) in [4.78, 5) is 2.66. The minimum atomic E-state index is 0.578. The lowest BCUT2D eigenvalue weighted by Crippen LogP contribution is -2.38. The Morgan fingerprint density at radius 3 is 2.61 bits per heavy atom. The number of hydrogen-bond acceptors (Lipinski definition) is 3. The number of hydrogen-bond donors (Lipinski definition) is 1. The first-order valence-electron chi connectivity index (χ1n) is 8.92. The fourth-order valence-electron chi connectivity index (χ4n) is 3.32. The molecule has 0 aromatic heterocycles. The molecule has 3 unspecified atom stereocenters. The summed E-state index contributed by atoms with van der Waals surface area (Å²) in [5, 5.41) is 3.37. The highest BCUT2D eigenvalue weighted by Gasteiger charge is 2.30. The fraction of sp³-hybridized carbons (Fsp3) is 0.700. The van der Waals surface area contributed by atoms with Crippen LogP contribution in [0.25, 0.3) is 0 Å². The van der Waals surface area contributed by atoms with Gasteiger partial charge in [-0.3, -0.25) is 4.90 Å². The molecule has 1 heterocycles. The van der Waals surface area contributed by atoms with Crippen molar-refractivity contribution in [2.45, 2.75) is 72.0 Å². The predicted octanol–water partition coefficient (Wildman–Crippen LogP) is 4.28. The molecule has 0 spiro atoms. The van der Waals surface area contributed by atoms with Gasteiger partial charge in [-0.1, -0.05) is 12.2 Å². The van der Waals surface area contributed by atoms with Crippen LogP contribution in [0, 0.1) is 0 Å². The lowest BCUT2D eigenvalue weighted by atomic mass is 10.1. The number of nitrogens with zero attached hydrogens (tertiary/aromatic N) is 1. The van der Waals surface area contributed by atoms with Crippen LogP contribution in [0.5, 0.6) is 0 Å². The Labute approximate surface area is 143 Å². The molecule has 0 aromatic rings. The maximum absolute atomic E-state index is 5.49. The molecule has 1 rings (SSSR count). The number of likely N-dealkylation sites (tertiary alicyclic amines) is 1. The van der Waals surface area contributed by atoms with Crippen molar-refractivity contribution in [2.75, 3.05) is 20.7 Å². The third-order valence-electron chi connectivity index (χ3n) is 5.18. The lowest BCUT2D eigenvalue weighted by Gasteiger charge is -2.29. The standard InChI is InChI=1S/C20H36N2O/c1-8-9-20(23-7)18(5)15(2)12-13-22-17(4)10-11-19(22)14-16(3)21-6/h8-9,12,16-17,19,21H,10-11,13-14H2,1-7H3/b9-8-,15-12+,20-18+. The molecule has 0 amide bonds. The van der Waals surface area contributed by atoms with Crippen LogP contribution < -0.4 is 5.32 Å². The summed E-state index contributed by atoms with van der Waals surface area (Å²) in [6.07, 6.45) is 10.3. The molecular weight excluding hydrogens is 284 g/mol. The smallest absolute Gasteiger partial charge is 0.121 e. The van der Waals surface area contributed by atoms with Gasteiger partial charge in [0, 0.05) is 24.7 Å². The van der Waals surface area contributed by atoms with Crippen LogP contribution in [0.2, 0.25) is 0 Å². The van der Waals surface area contributed by atoms with Gasteiger partial charge in [-0.2, -0.15) is 0 Å². The van der Waals surface area contributed by atoms with E-state index in [0.717, 1.165) is 12.3 Å². The van der Waals surface area contributed by atoms with E-state index in [4.69, 9.17) is 4.74 Å². The van der Waals surface area contributed by atoms with Crippen molar-refractivity contribution >= 4 is 0 Å². The first-order chi connectivity index (χ1) is 10.9. The van der Waals surface area contributed by atoms with Crippen LogP contribution in [0.4, 0.5) is 0 Å². The van der Waals surface area contributed by atoms with E-state index >= 15 is 0 Å². The summed E-state index contributed by atoms with van der Waals surface area (Å²) < 4.78 is 5.49. The first kappa shape index (κ1) is 20.0. The Kier molecular flexibility index (Phi) is 8.64. The lowest BCUT2D eigenvalue weighted by molar-refractivity contribution is 0.206. The molecule has 1 aliphatic rings. The number of ether oxygens (including phenoxy) is 1. The number of methoxy groups -OCH3 is 1. The number of allylic oxidation sites excluding steroid dienone is 4. The molecule has 132 valence electrons. The van der Waals surface area contributed by atoms with E-state index in [1.165, 1.54) is 30.4 Å². The van der Waals surface area contributed by atoms with Crippen molar-refractivity contribution in [1.29, 1.82) is 0 Å².